The highest BCUT2D eigenvalue weighted by Gasteiger charge is 2.11. The van der Waals surface area contributed by atoms with Crippen molar-refractivity contribution in [2.75, 3.05) is 6.61 Å². The van der Waals surface area contributed by atoms with Gasteiger partial charge in [0.05, 0.1) is 16.8 Å². The van der Waals surface area contributed by atoms with E-state index >= 15 is 0 Å². The molecule has 2 heterocycles. The first-order valence-electron chi connectivity index (χ1n) is 8.28. The first-order valence-corrected chi connectivity index (χ1v) is 9.09. The zero-order chi connectivity index (χ0) is 18.6. The molecule has 4 aromatic rings. The molecule has 0 aliphatic heterocycles. The van der Waals surface area contributed by atoms with E-state index in [4.69, 9.17) is 9.15 Å². The number of halogens is 1. The number of nitrogens with one attached hydrogen (secondary N) is 1. The molecular weight excluding hydrogens is 367 g/mol. The van der Waals surface area contributed by atoms with Crippen LogP contribution in [0.25, 0.3) is 21.0 Å². The molecule has 136 valence electrons. The number of furan rings is 1. The summed E-state index contributed by atoms with van der Waals surface area (Å²) < 4.78 is 25.5. The van der Waals surface area contributed by atoms with E-state index in [0.29, 0.717) is 11.5 Å². The van der Waals surface area contributed by atoms with Crippen LogP contribution in [0.1, 0.15) is 5.76 Å². The number of carbonyl (C=O) groups excluding carboxylic acids is 1. The van der Waals surface area contributed by atoms with Gasteiger partial charge in [0.2, 0.25) is 0 Å². The summed E-state index contributed by atoms with van der Waals surface area (Å²) in [5.41, 5.74) is 0.925. The average molecular weight is 382 g/mol. The SMILES string of the molecule is O=C(COc1ccccc1F)NCc1ccc(-c2nc3ccccc3s2)o1. The summed E-state index contributed by atoms with van der Waals surface area (Å²) in [6, 6.07) is 17.4. The Morgan fingerprint density at radius 2 is 1.93 bits per heavy atom. The van der Waals surface area contributed by atoms with E-state index in [0.717, 1.165) is 15.2 Å². The van der Waals surface area contributed by atoms with Gasteiger partial charge in [-0.2, -0.15) is 0 Å². The molecule has 5 nitrogen and oxygen atoms in total. The predicted molar refractivity (Wildman–Crippen MR) is 101 cm³/mol. The number of amides is 1. The fraction of sp³-hybridized carbons (Fsp3) is 0.100. The van der Waals surface area contributed by atoms with E-state index < -0.39 is 5.82 Å². The van der Waals surface area contributed by atoms with Gasteiger partial charge in [-0.1, -0.05) is 24.3 Å². The number of hydrogen-bond acceptors (Lipinski definition) is 5. The van der Waals surface area contributed by atoms with Crippen molar-refractivity contribution in [2.45, 2.75) is 6.54 Å². The lowest BCUT2D eigenvalue weighted by Crippen LogP contribution is -2.28. The Hall–Kier alpha value is -3.19. The quantitative estimate of drug-likeness (QED) is 0.537. The van der Waals surface area contributed by atoms with Gasteiger partial charge in [0.25, 0.3) is 5.91 Å². The lowest BCUT2D eigenvalue weighted by molar-refractivity contribution is -0.123. The van der Waals surface area contributed by atoms with Crippen molar-refractivity contribution in [3.63, 3.8) is 0 Å². The second kappa shape index (κ2) is 7.59. The number of thiazole rings is 1. The van der Waals surface area contributed by atoms with E-state index in [2.05, 4.69) is 10.3 Å². The zero-order valence-corrected chi connectivity index (χ0v) is 15.0. The molecule has 0 aliphatic carbocycles. The van der Waals surface area contributed by atoms with Crippen LogP contribution in [0.15, 0.2) is 65.1 Å². The Labute approximate surface area is 158 Å². The van der Waals surface area contributed by atoms with Crippen LogP contribution in [-0.4, -0.2) is 17.5 Å². The van der Waals surface area contributed by atoms with Gasteiger partial charge in [-0.15, -0.1) is 11.3 Å². The molecule has 1 N–H and O–H groups in total. The van der Waals surface area contributed by atoms with Crippen LogP contribution in [0.4, 0.5) is 4.39 Å². The van der Waals surface area contributed by atoms with E-state index in [-0.39, 0.29) is 24.8 Å². The molecule has 0 unspecified atom stereocenters. The molecule has 0 saturated heterocycles. The van der Waals surface area contributed by atoms with Gasteiger partial charge >= 0.3 is 0 Å². The summed E-state index contributed by atoms with van der Waals surface area (Å²) in [6.45, 7) is -0.0588. The van der Waals surface area contributed by atoms with Crippen LogP contribution in [0.5, 0.6) is 5.75 Å². The molecule has 0 aliphatic rings. The maximum absolute atomic E-state index is 13.5. The van der Waals surface area contributed by atoms with Crippen LogP contribution < -0.4 is 10.1 Å². The summed E-state index contributed by atoms with van der Waals surface area (Å²) in [5.74, 6) is 0.434. The van der Waals surface area contributed by atoms with Gasteiger partial charge in [-0.25, -0.2) is 9.37 Å². The van der Waals surface area contributed by atoms with Crippen molar-refractivity contribution < 1.29 is 18.3 Å². The monoisotopic (exact) mass is 382 g/mol. The molecule has 0 fully saturated rings. The third kappa shape index (κ3) is 3.98. The molecule has 7 heteroatoms. The minimum atomic E-state index is -0.503. The Morgan fingerprint density at radius 1 is 1.11 bits per heavy atom. The van der Waals surface area contributed by atoms with Gasteiger partial charge in [0, 0.05) is 0 Å². The molecule has 2 aromatic carbocycles. The number of para-hydroxylation sites is 2. The van der Waals surface area contributed by atoms with Gasteiger partial charge in [-0.05, 0) is 36.4 Å². The minimum Gasteiger partial charge on any atom is -0.481 e. The highest BCUT2D eigenvalue weighted by atomic mass is 32.1. The Bertz CT molecular complexity index is 1060. The molecule has 4 rings (SSSR count). The smallest absolute Gasteiger partial charge is 0.258 e. The highest BCUT2D eigenvalue weighted by Crippen LogP contribution is 2.31. The number of ether oxygens (including phenoxy) is 1. The Kier molecular flexibility index (Phi) is 4.84. The number of aromatic nitrogens is 1. The van der Waals surface area contributed by atoms with E-state index in [9.17, 15) is 9.18 Å². The normalized spacial score (nSPS) is 10.9. The van der Waals surface area contributed by atoms with Crippen LogP contribution in [-0.2, 0) is 11.3 Å². The third-order valence-corrected chi connectivity index (χ3v) is 4.87. The number of benzene rings is 2. The average Bonchev–Trinajstić information content (AvgIpc) is 3.32. The van der Waals surface area contributed by atoms with Crippen LogP contribution in [0.3, 0.4) is 0 Å². The number of hydrogen-bond donors (Lipinski definition) is 1. The molecule has 0 atom stereocenters. The maximum atomic E-state index is 13.5. The Balaban J connectivity index is 1.34. The van der Waals surface area contributed by atoms with Gasteiger partial charge in [0.15, 0.2) is 28.9 Å². The molecule has 0 spiro atoms. The van der Waals surface area contributed by atoms with Gasteiger partial charge < -0.3 is 14.5 Å². The first-order chi connectivity index (χ1) is 13.2. The highest BCUT2D eigenvalue weighted by molar-refractivity contribution is 7.21. The van der Waals surface area contributed by atoms with Crippen molar-refractivity contribution in [1.82, 2.24) is 10.3 Å². The fourth-order valence-electron chi connectivity index (χ4n) is 2.51. The third-order valence-electron chi connectivity index (χ3n) is 3.82. The lowest BCUT2D eigenvalue weighted by atomic mass is 10.3. The summed E-state index contributed by atoms with van der Waals surface area (Å²) in [6.07, 6.45) is 0. The Morgan fingerprint density at radius 3 is 2.78 bits per heavy atom. The molecule has 1 amide bonds. The van der Waals surface area contributed by atoms with Crippen molar-refractivity contribution in [3.05, 3.63) is 72.2 Å². The molecular formula is C20H15FN2O3S. The summed E-state index contributed by atoms with van der Waals surface area (Å²) in [7, 11) is 0. The molecule has 27 heavy (non-hydrogen) atoms. The summed E-state index contributed by atoms with van der Waals surface area (Å²) in [5, 5.41) is 3.47. The number of nitrogens with zero attached hydrogens (tertiary/aromatic N) is 1. The van der Waals surface area contributed by atoms with Crippen molar-refractivity contribution >= 4 is 27.5 Å². The van der Waals surface area contributed by atoms with Crippen LogP contribution >= 0.6 is 11.3 Å². The number of carbonyl (C=O) groups is 1. The van der Waals surface area contributed by atoms with E-state index in [1.54, 1.807) is 29.5 Å². The first kappa shape index (κ1) is 17.2. The fourth-order valence-corrected chi connectivity index (χ4v) is 3.43. The topological polar surface area (TPSA) is 64.4 Å². The largest absolute Gasteiger partial charge is 0.481 e. The number of rotatable bonds is 6. The molecule has 0 radical (unpaired) electrons. The zero-order valence-electron chi connectivity index (χ0n) is 14.1. The molecule has 0 saturated carbocycles. The van der Waals surface area contributed by atoms with Crippen LogP contribution in [0, 0.1) is 5.82 Å². The second-order valence-electron chi connectivity index (χ2n) is 5.75. The predicted octanol–water partition coefficient (Wildman–Crippen LogP) is 4.39. The summed E-state index contributed by atoms with van der Waals surface area (Å²) in [4.78, 5) is 16.4. The van der Waals surface area contributed by atoms with E-state index in [1.807, 2.05) is 30.3 Å². The van der Waals surface area contributed by atoms with Gasteiger partial charge in [-0.3, -0.25) is 4.79 Å². The van der Waals surface area contributed by atoms with Crippen molar-refractivity contribution in [3.8, 4) is 16.5 Å². The van der Waals surface area contributed by atoms with Crippen molar-refractivity contribution in [1.29, 1.82) is 0 Å². The van der Waals surface area contributed by atoms with Crippen LogP contribution in [0.2, 0.25) is 0 Å². The molecule has 0 bridgehead atoms. The second-order valence-corrected chi connectivity index (χ2v) is 6.78. The summed E-state index contributed by atoms with van der Waals surface area (Å²) >= 11 is 1.55. The minimum absolute atomic E-state index is 0.0452. The molecule has 2 aromatic heterocycles. The standard InChI is InChI=1S/C20H15FN2O3S/c21-14-5-1-3-7-16(14)25-12-19(24)22-11-13-9-10-17(26-13)20-23-15-6-2-4-8-18(15)27-20/h1-10H,11-12H2,(H,22,24). The van der Waals surface area contributed by atoms with E-state index in [1.165, 1.54) is 12.1 Å². The lowest BCUT2D eigenvalue weighted by Gasteiger charge is -2.07. The number of fused-ring (bicyclic) bond motifs is 1. The maximum Gasteiger partial charge on any atom is 0.258 e. The van der Waals surface area contributed by atoms with Crippen molar-refractivity contribution in [2.24, 2.45) is 0 Å². The van der Waals surface area contributed by atoms with Gasteiger partial charge in [0.1, 0.15) is 5.76 Å².